The van der Waals surface area contributed by atoms with E-state index in [1.807, 2.05) is 6.26 Å². The molecule has 0 fully saturated rings. The molecule has 0 spiro atoms. The average molecular weight is 301 g/mol. The smallest absolute Gasteiger partial charge is 0.231 e. The molecule has 0 bridgehead atoms. The third kappa shape index (κ3) is 2.72. The first-order valence-corrected chi connectivity index (χ1v) is 8.50. The zero-order valence-electron chi connectivity index (χ0n) is 9.75. The molecule has 0 aliphatic heterocycles. The van der Waals surface area contributed by atoms with Gasteiger partial charge in [0.15, 0.2) is 5.16 Å². The molecule has 8 heteroatoms. The predicted molar refractivity (Wildman–Crippen MR) is 73.4 cm³/mol. The summed E-state index contributed by atoms with van der Waals surface area (Å²) < 4.78 is 25.8. The van der Waals surface area contributed by atoms with E-state index >= 15 is 0 Å². The molecule has 1 N–H and O–H groups in total. The Kier molecular flexibility index (Phi) is 4.00. The lowest BCUT2D eigenvalue weighted by Crippen LogP contribution is -2.17. The highest BCUT2D eigenvalue weighted by Gasteiger charge is 2.15. The van der Waals surface area contributed by atoms with E-state index in [1.165, 1.54) is 30.1 Å². The van der Waals surface area contributed by atoms with Crippen molar-refractivity contribution in [1.29, 1.82) is 0 Å². The molecule has 2 heterocycles. The van der Waals surface area contributed by atoms with Crippen molar-refractivity contribution in [3.05, 3.63) is 24.4 Å². The van der Waals surface area contributed by atoms with Crippen LogP contribution in [0.25, 0.3) is 10.6 Å². The Hall–Kier alpha value is -0.960. The third-order valence-electron chi connectivity index (χ3n) is 2.18. The standard InChI is InChI=1S/C10H11N3O2S3/c1-11-18(14,15)9-4-3-8(17-9)7-5-6-12-10(13-7)16-2/h3-6,11H,1-2H3. The maximum Gasteiger partial charge on any atom is 0.249 e. The van der Waals surface area contributed by atoms with Crippen LogP contribution in [0.15, 0.2) is 33.8 Å². The van der Waals surface area contributed by atoms with Crippen molar-refractivity contribution < 1.29 is 8.42 Å². The molecule has 0 aromatic carbocycles. The summed E-state index contributed by atoms with van der Waals surface area (Å²) in [6.07, 6.45) is 3.56. The highest BCUT2D eigenvalue weighted by Crippen LogP contribution is 2.29. The lowest BCUT2D eigenvalue weighted by atomic mass is 10.3. The van der Waals surface area contributed by atoms with Crippen LogP contribution in [0.5, 0.6) is 0 Å². The molecule has 2 rings (SSSR count). The molecule has 0 saturated carbocycles. The molecule has 0 aliphatic rings. The van der Waals surface area contributed by atoms with Crippen LogP contribution < -0.4 is 4.72 Å². The molecular formula is C10H11N3O2S3. The number of thioether (sulfide) groups is 1. The van der Waals surface area contributed by atoms with Crippen molar-refractivity contribution in [1.82, 2.24) is 14.7 Å². The molecule has 0 saturated heterocycles. The fourth-order valence-corrected chi connectivity index (χ4v) is 3.75. The third-order valence-corrected chi connectivity index (χ3v) is 5.76. The summed E-state index contributed by atoms with van der Waals surface area (Å²) in [4.78, 5) is 9.22. The van der Waals surface area contributed by atoms with Gasteiger partial charge in [-0.25, -0.2) is 23.1 Å². The van der Waals surface area contributed by atoms with Gasteiger partial charge in [-0.2, -0.15) is 0 Å². The quantitative estimate of drug-likeness (QED) is 0.689. The van der Waals surface area contributed by atoms with E-state index in [0.717, 1.165) is 10.6 Å². The first-order chi connectivity index (χ1) is 8.56. The zero-order valence-corrected chi connectivity index (χ0v) is 12.2. The minimum atomic E-state index is -3.38. The van der Waals surface area contributed by atoms with Crippen molar-refractivity contribution in [3.63, 3.8) is 0 Å². The normalized spacial score (nSPS) is 11.7. The minimum Gasteiger partial charge on any atom is -0.231 e. The number of rotatable bonds is 4. The van der Waals surface area contributed by atoms with Gasteiger partial charge in [0.05, 0.1) is 10.6 Å². The number of thiophene rings is 1. The Balaban J connectivity index is 2.41. The van der Waals surface area contributed by atoms with Crippen molar-refractivity contribution >= 4 is 33.1 Å². The molecule has 0 amide bonds. The van der Waals surface area contributed by atoms with Gasteiger partial charge in [0.1, 0.15) is 4.21 Å². The number of aromatic nitrogens is 2. The maximum atomic E-state index is 11.6. The average Bonchev–Trinajstić information content (AvgIpc) is 2.89. The summed E-state index contributed by atoms with van der Waals surface area (Å²) in [5.41, 5.74) is 0.733. The Labute approximate surface area is 114 Å². The number of hydrogen-bond acceptors (Lipinski definition) is 6. The van der Waals surface area contributed by atoms with Crippen LogP contribution >= 0.6 is 23.1 Å². The highest BCUT2D eigenvalue weighted by molar-refractivity contribution is 7.98. The Morgan fingerprint density at radius 2 is 2.11 bits per heavy atom. The van der Waals surface area contributed by atoms with Crippen LogP contribution in [0.4, 0.5) is 0 Å². The molecule has 18 heavy (non-hydrogen) atoms. The van der Waals surface area contributed by atoms with Crippen molar-refractivity contribution in [2.24, 2.45) is 0 Å². The van der Waals surface area contributed by atoms with Gasteiger partial charge >= 0.3 is 0 Å². The van der Waals surface area contributed by atoms with Crippen LogP contribution in [-0.2, 0) is 10.0 Å². The summed E-state index contributed by atoms with van der Waals surface area (Å²) in [6, 6.07) is 5.09. The fraction of sp³-hybridized carbons (Fsp3) is 0.200. The number of hydrogen-bond donors (Lipinski definition) is 1. The van der Waals surface area contributed by atoms with Crippen LogP contribution in [0, 0.1) is 0 Å². The van der Waals surface area contributed by atoms with E-state index in [4.69, 9.17) is 0 Å². The van der Waals surface area contributed by atoms with Gasteiger partial charge in [0.25, 0.3) is 0 Å². The molecular weight excluding hydrogens is 290 g/mol. The van der Waals surface area contributed by atoms with Gasteiger partial charge in [-0.05, 0) is 31.5 Å². The van der Waals surface area contributed by atoms with Crippen LogP contribution in [0.2, 0.25) is 0 Å². The predicted octanol–water partition coefficient (Wildman–Crippen LogP) is 1.84. The monoisotopic (exact) mass is 301 g/mol. The molecule has 0 atom stereocenters. The van der Waals surface area contributed by atoms with Gasteiger partial charge < -0.3 is 0 Å². The van der Waals surface area contributed by atoms with Crippen molar-refractivity contribution in [2.75, 3.05) is 13.3 Å². The first-order valence-electron chi connectivity index (χ1n) is 4.97. The van der Waals surface area contributed by atoms with E-state index in [2.05, 4.69) is 14.7 Å². The lowest BCUT2D eigenvalue weighted by Gasteiger charge is -1.99. The second-order valence-corrected chi connectivity index (χ2v) is 7.23. The van der Waals surface area contributed by atoms with Gasteiger partial charge in [-0.1, -0.05) is 11.8 Å². The topological polar surface area (TPSA) is 72.0 Å². The minimum absolute atomic E-state index is 0.282. The summed E-state index contributed by atoms with van der Waals surface area (Å²) in [5, 5.41) is 0.666. The van der Waals surface area contributed by atoms with E-state index in [9.17, 15) is 8.42 Å². The van der Waals surface area contributed by atoms with Crippen LogP contribution in [0.3, 0.4) is 0 Å². The highest BCUT2D eigenvalue weighted by atomic mass is 32.2. The Bertz CT molecular complexity index is 652. The van der Waals surface area contributed by atoms with Gasteiger partial charge in [-0.15, -0.1) is 11.3 Å². The summed E-state index contributed by atoms with van der Waals surface area (Å²) >= 11 is 2.63. The molecule has 0 unspecified atom stereocenters. The van der Waals surface area contributed by atoms with E-state index < -0.39 is 10.0 Å². The zero-order chi connectivity index (χ0) is 13.2. The molecule has 0 radical (unpaired) electrons. The Morgan fingerprint density at radius 3 is 2.78 bits per heavy atom. The number of nitrogens with one attached hydrogen (secondary N) is 1. The second-order valence-electron chi connectivity index (χ2n) is 3.25. The molecule has 5 nitrogen and oxygen atoms in total. The second kappa shape index (κ2) is 5.35. The summed E-state index contributed by atoms with van der Waals surface area (Å²) in [7, 11) is -1.99. The van der Waals surface area contributed by atoms with E-state index in [-0.39, 0.29) is 4.21 Å². The molecule has 2 aromatic rings. The SMILES string of the molecule is CNS(=O)(=O)c1ccc(-c2ccnc(SC)n2)s1. The maximum absolute atomic E-state index is 11.6. The van der Waals surface area contributed by atoms with Gasteiger partial charge in [0, 0.05) is 6.20 Å². The van der Waals surface area contributed by atoms with Gasteiger partial charge in [0.2, 0.25) is 10.0 Å². The van der Waals surface area contributed by atoms with Gasteiger partial charge in [-0.3, -0.25) is 0 Å². The molecule has 2 aromatic heterocycles. The largest absolute Gasteiger partial charge is 0.249 e. The number of nitrogens with zero attached hydrogens (tertiary/aromatic N) is 2. The first kappa shape index (κ1) is 13.5. The van der Waals surface area contributed by atoms with Crippen LogP contribution in [-0.4, -0.2) is 31.7 Å². The van der Waals surface area contributed by atoms with Crippen molar-refractivity contribution in [3.8, 4) is 10.6 Å². The van der Waals surface area contributed by atoms with Crippen molar-refractivity contribution in [2.45, 2.75) is 9.37 Å². The number of sulfonamides is 1. The van der Waals surface area contributed by atoms with Crippen LogP contribution in [0.1, 0.15) is 0 Å². The van der Waals surface area contributed by atoms with E-state index in [1.54, 1.807) is 24.4 Å². The molecule has 0 aliphatic carbocycles. The Morgan fingerprint density at radius 1 is 1.33 bits per heavy atom. The van der Waals surface area contributed by atoms with E-state index in [0.29, 0.717) is 5.16 Å². The molecule has 96 valence electrons. The summed E-state index contributed by atoms with van der Waals surface area (Å²) in [6.45, 7) is 0. The summed E-state index contributed by atoms with van der Waals surface area (Å²) in [5.74, 6) is 0. The lowest BCUT2D eigenvalue weighted by molar-refractivity contribution is 0.590. The fourth-order valence-electron chi connectivity index (χ4n) is 1.28.